The molecule has 0 amide bonds. The first-order valence-corrected chi connectivity index (χ1v) is 23.8. The van der Waals surface area contributed by atoms with Crippen LogP contribution >= 0.6 is 0 Å². The van der Waals surface area contributed by atoms with Gasteiger partial charge in [0.1, 0.15) is 0 Å². The SMILES string of the molecule is c1ccc(-c2ccc3c(c2)c2cc4c5ccccc5n(-c5ccncc5)c4cc2n3-c2ccc(-n3c4ccc(-c5ccccc5)cc4c4cc5c6ccccc6n(-c6ccncc6)c5cc43)cc2)cc1. The van der Waals surface area contributed by atoms with E-state index in [0.29, 0.717) is 0 Å². The monoisotopic (exact) mass is 892 g/mol. The summed E-state index contributed by atoms with van der Waals surface area (Å²) in [6.07, 6.45) is 7.50. The Balaban J connectivity index is 0.981. The summed E-state index contributed by atoms with van der Waals surface area (Å²) in [6.45, 7) is 0. The minimum absolute atomic E-state index is 1.08. The molecule has 0 N–H and O–H groups in total. The minimum atomic E-state index is 1.08. The molecule has 0 atom stereocenters. The van der Waals surface area contributed by atoms with Gasteiger partial charge in [0.2, 0.25) is 0 Å². The summed E-state index contributed by atoms with van der Waals surface area (Å²) in [4.78, 5) is 8.75. The second kappa shape index (κ2) is 15.0. The molecule has 0 aliphatic rings. The largest absolute Gasteiger partial charge is 0.309 e. The highest BCUT2D eigenvalue weighted by molar-refractivity contribution is 6.21. The van der Waals surface area contributed by atoms with Crippen LogP contribution in [0.15, 0.2) is 243 Å². The molecule has 6 heteroatoms. The van der Waals surface area contributed by atoms with Crippen molar-refractivity contribution < 1.29 is 0 Å². The van der Waals surface area contributed by atoms with Crippen LogP contribution in [0.5, 0.6) is 0 Å². The molecular formula is C64H40N6. The van der Waals surface area contributed by atoms with Crippen molar-refractivity contribution in [1.82, 2.24) is 28.2 Å². The average Bonchev–Trinajstić information content (AvgIpc) is 4.14. The summed E-state index contributed by atoms with van der Waals surface area (Å²) < 4.78 is 9.66. The summed E-state index contributed by atoms with van der Waals surface area (Å²) >= 11 is 0. The molecule has 0 aliphatic heterocycles. The molecule has 9 aromatic carbocycles. The van der Waals surface area contributed by atoms with Crippen molar-refractivity contribution in [3.8, 4) is 45.0 Å². The number of pyridine rings is 2. The Morgan fingerprint density at radius 2 is 0.514 bits per heavy atom. The molecule has 15 aromatic rings. The van der Waals surface area contributed by atoms with Crippen molar-refractivity contribution >= 4 is 87.2 Å². The lowest BCUT2D eigenvalue weighted by Gasteiger charge is -2.13. The van der Waals surface area contributed by atoms with Gasteiger partial charge in [0, 0.05) is 90.6 Å². The van der Waals surface area contributed by atoms with Crippen molar-refractivity contribution in [2.75, 3.05) is 0 Å². The van der Waals surface area contributed by atoms with E-state index in [4.69, 9.17) is 0 Å². The summed E-state index contributed by atoms with van der Waals surface area (Å²) in [5, 5.41) is 9.75. The molecule has 326 valence electrons. The van der Waals surface area contributed by atoms with Crippen molar-refractivity contribution in [2.24, 2.45) is 0 Å². The summed E-state index contributed by atoms with van der Waals surface area (Å²) in [5.41, 5.74) is 18.4. The Hall–Kier alpha value is -9.52. The van der Waals surface area contributed by atoms with Crippen LogP contribution in [0.25, 0.3) is 132 Å². The molecule has 15 rings (SSSR count). The number of hydrogen-bond acceptors (Lipinski definition) is 2. The van der Waals surface area contributed by atoms with Crippen LogP contribution in [-0.2, 0) is 0 Å². The van der Waals surface area contributed by atoms with Crippen LogP contribution in [0.2, 0.25) is 0 Å². The van der Waals surface area contributed by atoms with Crippen molar-refractivity contribution in [1.29, 1.82) is 0 Å². The Labute approximate surface area is 401 Å². The normalized spacial score (nSPS) is 12.0. The smallest absolute Gasteiger partial charge is 0.0562 e. The van der Waals surface area contributed by atoms with Crippen LogP contribution < -0.4 is 0 Å². The molecule has 0 fully saturated rings. The van der Waals surface area contributed by atoms with E-state index >= 15 is 0 Å². The Morgan fingerprint density at radius 1 is 0.200 bits per heavy atom. The van der Waals surface area contributed by atoms with Crippen LogP contribution in [0.1, 0.15) is 0 Å². The molecule has 70 heavy (non-hydrogen) atoms. The first-order chi connectivity index (χ1) is 34.7. The topological polar surface area (TPSA) is 45.5 Å². The lowest BCUT2D eigenvalue weighted by molar-refractivity contribution is 1.14. The maximum Gasteiger partial charge on any atom is 0.0562 e. The third kappa shape index (κ3) is 5.68. The van der Waals surface area contributed by atoms with Crippen LogP contribution in [0, 0.1) is 0 Å². The third-order valence-corrected chi connectivity index (χ3v) is 14.5. The Bertz CT molecular complexity index is 4250. The minimum Gasteiger partial charge on any atom is -0.309 e. The molecule has 0 radical (unpaired) electrons. The molecule has 6 aromatic heterocycles. The lowest BCUT2D eigenvalue weighted by atomic mass is 10.0. The first-order valence-electron chi connectivity index (χ1n) is 23.8. The van der Waals surface area contributed by atoms with Gasteiger partial charge in [-0.3, -0.25) is 9.97 Å². The fourth-order valence-corrected chi connectivity index (χ4v) is 11.4. The van der Waals surface area contributed by atoms with Gasteiger partial charge < -0.3 is 18.3 Å². The molecule has 0 bridgehead atoms. The Morgan fingerprint density at radius 3 is 0.914 bits per heavy atom. The van der Waals surface area contributed by atoms with E-state index in [1.54, 1.807) is 0 Å². The highest BCUT2D eigenvalue weighted by Gasteiger charge is 2.22. The van der Waals surface area contributed by atoms with Gasteiger partial charge in [0.25, 0.3) is 0 Å². The van der Waals surface area contributed by atoms with Crippen molar-refractivity contribution in [3.63, 3.8) is 0 Å². The molecule has 0 spiro atoms. The molecule has 0 saturated carbocycles. The van der Waals surface area contributed by atoms with E-state index in [1.807, 2.05) is 24.8 Å². The molecule has 0 unspecified atom stereocenters. The predicted molar refractivity (Wildman–Crippen MR) is 290 cm³/mol. The van der Waals surface area contributed by atoms with Crippen molar-refractivity contribution in [3.05, 3.63) is 243 Å². The van der Waals surface area contributed by atoms with E-state index < -0.39 is 0 Å². The number of nitrogens with zero attached hydrogens (tertiary/aromatic N) is 6. The van der Waals surface area contributed by atoms with E-state index in [0.717, 1.165) is 55.8 Å². The first kappa shape index (κ1) is 38.6. The molecule has 0 aliphatic carbocycles. The lowest BCUT2D eigenvalue weighted by Crippen LogP contribution is -1.98. The number of benzene rings is 9. The second-order valence-electron chi connectivity index (χ2n) is 18.3. The van der Waals surface area contributed by atoms with Gasteiger partial charge in [0.05, 0.1) is 44.1 Å². The van der Waals surface area contributed by atoms with Gasteiger partial charge in [-0.15, -0.1) is 0 Å². The zero-order chi connectivity index (χ0) is 45.9. The van der Waals surface area contributed by atoms with Gasteiger partial charge in [-0.2, -0.15) is 0 Å². The van der Waals surface area contributed by atoms with Gasteiger partial charge in [0.15, 0.2) is 0 Å². The standard InChI is InChI=1S/C64H40N6/c1-3-11-41(12-4-1)43-19-25-59-51(35-43)55-37-53-49-15-7-9-17-57(49)69(47-27-31-65-32-28-47)61(53)39-63(55)67(59)45-21-23-46(24-22-45)68-60-26-20-44(42-13-5-2-6-14-42)36-52(60)56-38-54-50-16-8-10-18-58(50)70(62(54)40-64(56)68)48-29-33-66-34-30-48/h1-40H. The van der Waals surface area contributed by atoms with Gasteiger partial charge >= 0.3 is 0 Å². The highest BCUT2D eigenvalue weighted by atomic mass is 15.0. The fourth-order valence-electron chi connectivity index (χ4n) is 11.4. The maximum atomic E-state index is 4.37. The second-order valence-corrected chi connectivity index (χ2v) is 18.3. The van der Waals surface area contributed by atoms with Crippen LogP contribution in [-0.4, -0.2) is 28.2 Å². The van der Waals surface area contributed by atoms with Gasteiger partial charge in [-0.25, -0.2) is 0 Å². The third-order valence-electron chi connectivity index (χ3n) is 14.5. The number of aromatic nitrogens is 6. The maximum absolute atomic E-state index is 4.37. The molecule has 6 nitrogen and oxygen atoms in total. The van der Waals surface area contributed by atoms with E-state index in [9.17, 15) is 0 Å². The van der Waals surface area contributed by atoms with Gasteiger partial charge in [-0.05, 0) is 131 Å². The zero-order valence-electron chi connectivity index (χ0n) is 37.8. The number of para-hydroxylation sites is 2. The molecule has 6 heterocycles. The predicted octanol–water partition coefficient (Wildman–Crippen LogP) is 16.2. The average molecular weight is 893 g/mol. The van der Waals surface area contributed by atoms with E-state index in [1.165, 1.54) is 76.4 Å². The summed E-state index contributed by atoms with van der Waals surface area (Å²) in [5.74, 6) is 0. The van der Waals surface area contributed by atoms with Crippen LogP contribution in [0.3, 0.4) is 0 Å². The highest BCUT2D eigenvalue weighted by Crippen LogP contribution is 2.43. The van der Waals surface area contributed by atoms with Crippen molar-refractivity contribution in [2.45, 2.75) is 0 Å². The van der Waals surface area contributed by atoms with E-state index in [2.05, 4.69) is 247 Å². The molecular weight excluding hydrogens is 853 g/mol. The van der Waals surface area contributed by atoms with Gasteiger partial charge in [-0.1, -0.05) is 109 Å². The van der Waals surface area contributed by atoms with E-state index in [-0.39, 0.29) is 0 Å². The number of rotatable bonds is 6. The van der Waals surface area contributed by atoms with Crippen LogP contribution in [0.4, 0.5) is 0 Å². The quantitative estimate of drug-likeness (QED) is 0.167. The summed E-state index contributed by atoms with van der Waals surface area (Å²) in [7, 11) is 0. The molecule has 0 saturated heterocycles. The fraction of sp³-hybridized carbons (Fsp3) is 0. The Kier molecular flexibility index (Phi) is 8.26. The number of hydrogen-bond donors (Lipinski definition) is 0. The summed E-state index contributed by atoms with van der Waals surface area (Å²) in [6, 6.07) is 80.0. The number of fused-ring (bicyclic) bond motifs is 12. The zero-order valence-corrected chi connectivity index (χ0v) is 37.8.